The maximum Gasteiger partial charge on any atom is 0.269 e. The van der Waals surface area contributed by atoms with Crippen molar-refractivity contribution in [1.29, 1.82) is 0 Å². The fourth-order valence-corrected chi connectivity index (χ4v) is 0.952. The lowest BCUT2D eigenvalue weighted by molar-refractivity contribution is -0.384. The van der Waals surface area contributed by atoms with Gasteiger partial charge in [-0.3, -0.25) is 14.9 Å². The molecule has 0 saturated carbocycles. The lowest BCUT2D eigenvalue weighted by Crippen LogP contribution is -1.87. The molecule has 0 heterocycles. The van der Waals surface area contributed by atoms with Crippen LogP contribution in [-0.2, 0) is 4.79 Å². The summed E-state index contributed by atoms with van der Waals surface area (Å²) in [5.41, 5.74) is 8.53. The maximum absolute atomic E-state index is 10.8. The Morgan fingerprint density at radius 1 is 1.44 bits per heavy atom. The zero-order valence-electron chi connectivity index (χ0n) is 7.98. The Bertz CT molecular complexity index is 486. The highest BCUT2D eigenvalue weighted by molar-refractivity contribution is 5.92. The molecule has 0 radical (unpaired) electrons. The van der Waals surface area contributed by atoms with Gasteiger partial charge in [-0.25, -0.2) is 0 Å². The summed E-state index contributed by atoms with van der Waals surface area (Å²) in [6.45, 7) is 0. The summed E-state index contributed by atoms with van der Waals surface area (Å²) in [6.07, 6.45) is 2.49. The van der Waals surface area contributed by atoms with Crippen LogP contribution >= 0.6 is 0 Å². The van der Waals surface area contributed by atoms with Crippen molar-refractivity contribution in [3.63, 3.8) is 0 Å². The maximum atomic E-state index is 10.8. The van der Waals surface area contributed by atoms with Crippen LogP contribution in [0, 0.1) is 10.1 Å². The number of nitro benzene ring substituents is 1. The number of carbonyl (C=O) groups excluding carboxylic acids is 1. The molecule has 80 valence electrons. The minimum Gasteiger partial charge on any atom is -0.288 e. The summed E-state index contributed by atoms with van der Waals surface area (Å²) >= 11 is 0. The highest BCUT2D eigenvalue weighted by Gasteiger charge is 2.02. The van der Waals surface area contributed by atoms with Gasteiger partial charge < -0.3 is 0 Å². The molecule has 0 aliphatic rings. The van der Waals surface area contributed by atoms with E-state index in [1.807, 2.05) is 0 Å². The van der Waals surface area contributed by atoms with Crippen LogP contribution < -0.4 is 0 Å². The van der Waals surface area contributed by atoms with Crippen molar-refractivity contribution in [3.8, 4) is 0 Å². The quantitative estimate of drug-likeness (QED) is 0.194. The number of hydrogen-bond donors (Lipinski definition) is 0. The number of amides is 1. The van der Waals surface area contributed by atoms with E-state index in [4.69, 9.17) is 5.53 Å². The van der Waals surface area contributed by atoms with E-state index in [1.165, 1.54) is 30.3 Å². The minimum absolute atomic E-state index is 0.0291. The molecule has 0 aliphatic heterocycles. The van der Waals surface area contributed by atoms with Crippen LogP contribution in [-0.4, -0.2) is 10.8 Å². The Morgan fingerprint density at radius 3 is 2.56 bits per heavy atom. The first kappa shape index (κ1) is 11.4. The van der Waals surface area contributed by atoms with Crippen molar-refractivity contribution in [2.45, 2.75) is 0 Å². The number of azide groups is 1. The van der Waals surface area contributed by atoms with Crippen LogP contribution in [0.4, 0.5) is 5.69 Å². The van der Waals surface area contributed by atoms with E-state index < -0.39 is 10.8 Å². The van der Waals surface area contributed by atoms with Crippen molar-refractivity contribution in [3.05, 3.63) is 56.5 Å². The molecule has 0 unspecified atom stereocenters. The summed E-state index contributed by atoms with van der Waals surface area (Å²) in [4.78, 5) is 22.9. The number of rotatable bonds is 3. The van der Waals surface area contributed by atoms with Gasteiger partial charge in [0.05, 0.1) is 4.92 Å². The molecule has 7 nitrogen and oxygen atoms in total. The SMILES string of the molecule is [N-]=[N+]=NC(=O)/C=C/c1ccc([N+](=O)[O-])cc1. The highest BCUT2D eigenvalue weighted by Crippen LogP contribution is 2.12. The number of benzene rings is 1. The molecule has 1 rings (SSSR count). The van der Waals surface area contributed by atoms with E-state index in [9.17, 15) is 14.9 Å². The van der Waals surface area contributed by atoms with Gasteiger partial charge in [0.2, 0.25) is 5.91 Å². The van der Waals surface area contributed by atoms with Gasteiger partial charge in [-0.1, -0.05) is 6.08 Å². The zero-order valence-corrected chi connectivity index (χ0v) is 7.98. The molecule has 16 heavy (non-hydrogen) atoms. The van der Waals surface area contributed by atoms with Crippen LogP contribution in [0.25, 0.3) is 16.5 Å². The number of hydrogen-bond acceptors (Lipinski definition) is 3. The molecule has 0 atom stereocenters. The number of non-ortho nitro benzene ring substituents is 1. The standard InChI is InChI=1S/C9H6N4O3/c10-12-11-9(14)6-3-7-1-4-8(5-2-7)13(15)16/h1-6H/b6-3+. The number of carbonyl (C=O) groups is 1. The fraction of sp³-hybridized carbons (Fsp3) is 0. The summed E-state index contributed by atoms with van der Waals surface area (Å²) in [7, 11) is 0. The van der Waals surface area contributed by atoms with Crippen molar-refractivity contribution < 1.29 is 9.72 Å². The Morgan fingerprint density at radius 2 is 2.06 bits per heavy atom. The predicted octanol–water partition coefficient (Wildman–Crippen LogP) is 2.44. The van der Waals surface area contributed by atoms with E-state index in [0.717, 1.165) is 6.08 Å². The van der Waals surface area contributed by atoms with E-state index in [1.54, 1.807) is 0 Å². The lowest BCUT2D eigenvalue weighted by atomic mass is 10.2. The van der Waals surface area contributed by atoms with Crippen molar-refractivity contribution in [2.75, 3.05) is 0 Å². The van der Waals surface area contributed by atoms with Gasteiger partial charge in [0, 0.05) is 17.0 Å². The molecule has 0 aliphatic carbocycles. The highest BCUT2D eigenvalue weighted by atomic mass is 16.6. The molecular weight excluding hydrogens is 212 g/mol. The number of nitrogens with zero attached hydrogens (tertiary/aromatic N) is 4. The average Bonchev–Trinajstić information content (AvgIpc) is 2.27. The zero-order chi connectivity index (χ0) is 12.0. The molecule has 0 fully saturated rings. The van der Waals surface area contributed by atoms with E-state index in [0.29, 0.717) is 5.56 Å². The van der Waals surface area contributed by atoms with Crippen LogP contribution in [0.3, 0.4) is 0 Å². The fourth-order valence-electron chi connectivity index (χ4n) is 0.952. The van der Waals surface area contributed by atoms with Crippen molar-refractivity contribution in [2.24, 2.45) is 5.11 Å². The first-order valence-corrected chi connectivity index (χ1v) is 4.15. The Kier molecular flexibility index (Phi) is 3.77. The second-order valence-corrected chi connectivity index (χ2v) is 2.71. The van der Waals surface area contributed by atoms with Gasteiger partial charge in [0.1, 0.15) is 0 Å². The van der Waals surface area contributed by atoms with Crippen LogP contribution in [0.2, 0.25) is 0 Å². The van der Waals surface area contributed by atoms with Gasteiger partial charge in [-0.2, -0.15) is 0 Å². The Labute approximate surface area is 89.8 Å². The van der Waals surface area contributed by atoms with E-state index >= 15 is 0 Å². The van der Waals surface area contributed by atoms with Crippen LogP contribution in [0.15, 0.2) is 35.5 Å². The van der Waals surface area contributed by atoms with Crippen LogP contribution in [0.1, 0.15) is 5.56 Å². The lowest BCUT2D eigenvalue weighted by Gasteiger charge is -1.92. The second kappa shape index (κ2) is 5.28. The summed E-state index contributed by atoms with van der Waals surface area (Å²) in [5.74, 6) is -0.721. The van der Waals surface area contributed by atoms with Crippen molar-refractivity contribution in [1.82, 2.24) is 0 Å². The van der Waals surface area contributed by atoms with Gasteiger partial charge in [0.15, 0.2) is 0 Å². The Balaban J connectivity index is 2.79. The van der Waals surface area contributed by atoms with Gasteiger partial charge >= 0.3 is 0 Å². The summed E-state index contributed by atoms with van der Waals surface area (Å²) in [5, 5.41) is 13.2. The Hall–Kier alpha value is -2.66. The molecule has 7 heteroatoms. The molecule has 0 saturated heterocycles. The number of nitro groups is 1. The molecule has 0 N–H and O–H groups in total. The van der Waals surface area contributed by atoms with E-state index in [-0.39, 0.29) is 5.69 Å². The van der Waals surface area contributed by atoms with Gasteiger partial charge in [-0.05, 0) is 34.4 Å². The van der Waals surface area contributed by atoms with Crippen molar-refractivity contribution >= 4 is 17.7 Å². The topological polar surface area (TPSA) is 109 Å². The van der Waals surface area contributed by atoms with Crippen LogP contribution in [0.5, 0.6) is 0 Å². The molecule has 0 aromatic heterocycles. The molecule has 1 aromatic carbocycles. The monoisotopic (exact) mass is 218 g/mol. The molecule has 0 bridgehead atoms. The largest absolute Gasteiger partial charge is 0.288 e. The smallest absolute Gasteiger partial charge is 0.269 e. The third-order valence-corrected chi connectivity index (χ3v) is 1.67. The molecule has 1 aromatic rings. The average molecular weight is 218 g/mol. The van der Waals surface area contributed by atoms with Gasteiger partial charge in [-0.15, -0.1) is 0 Å². The summed E-state index contributed by atoms with van der Waals surface area (Å²) in [6, 6.07) is 5.60. The first-order chi connectivity index (χ1) is 7.63. The minimum atomic E-state index is -0.721. The first-order valence-electron chi connectivity index (χ1n) is 4.15. The molecule has 0 spiro atoms. The molecular formula is C9H6N4O3. The second-order valence-electron chi connectivity index (χ2n) is 2.71. The predicted molar refractivity (Wildman–Crippen MR) is 56.3 cm³/mol. The third-order valence-electron chi connectivity index (χ3n) is 1.67. The van der Waals surface area contributed by atoms with E-state index in [2.05, 4.69) is 10.0 Å². The van der Waals surface area contributed by atoms with Gasteiger partial charge in [0.25, 0.3) is 5.69 Å². The summed E-state index contributed by atoms with van der Waals surface area (Å²) < 4.78 is 0. The molecule has 1 amide bonds. The third kappa shape index (κ3) is 3.24. The normalized spacial score (nSPS) is 9.75.